The van der Waals surface area contributed by atoms with Gasteiger partial charge in [0.05, 0.1) is 6.04 Å². The van der Waals surface area contributed by atoms with Gasteiger partial charge in [0, 0.05) is 11.6 Å². The molecule has 28 heavy (non-hydrogen) atoms. The van der Waals surface area contributed by atoms with Gasteiger partial charge >= 0.3 is 6.92 Å². The molecule has 0 aromatic heterocycles. The van der Waals surface area contributed by atoms with E-state index < -0.39 is 6.92 Å². The molecule has 6 nitrogen and oxygen atoms in total. The molecule has 6 N–H and O–H groups in total. The number of unbranched alkanes of at least 4 members (excludes halogenated alkanes) is 2. The first kappa shape index (κ1) is 22.8. The predicted octanol–water partition coefficient (Wildman–Crippen LogP) is 1.78. The lowest BCUT2D eigenvalue weighted by molar-refractivity contribution is -0.123. The van der Waals surface area contributed by atoms with Crippen molar-refractivity contribution in [2.24, 2.45) is 5.73 Å². The van der Waals surface area contributed by atoms with Crippen LogP contribution < -0.4 is 21.6 Å². The molecule has 1 heterocycles. The summed E-state index contributed by atoms with van der Waals surface area (Å²) in [6.07, 6.45) is 7.11. The van der Waals surface area contributed by atoms with Crippen LogP contribution in [0.1, 0.15) is 37.7 Å². The van der Waals surface area contributed by atoms with Gasteiger partial charge in [0.15, 0.2) is 0 Å². The highest BCUT2D eigenvalue weighted by atomic mass is 16.2. The van der Waals surface area contributed by atoms with E-state index in [4.69, 9.17) is 5.73 Å². The van der Waals surface area contributed by atoms with Gasteiger partial charge in [-0.15, -0.1) is 0 Å². The molecule has 0 aliphatic carbocycles. The molecule has 0 radical (unpaired) electrons. The maximum atomic E-state index is 12.4. The SMILES string of the molecule is CB(CCCCCN)Nc1ccc(CC(NC(=O)C2CCCN2)B(C)O)cc1. The van der Waals surface area contributed by atoms with E-state index in [0.29, 0.717) is 13.3 Å². The number of nitrogens with two attached hydrogens (primary N) is 1. The molecule has 2 rings (SSSR count). The molecule has 1 saturated heterocycles. The van der Waals surface area contributed by atoms with E-state index in [1.54, 1.807) is 6.82 Å². The third-order valence-electron chi connectivity index (χ3n) is 5.45. The molecule has 1 amide bonds. The topological polar surface area (TPSA) is 99.4 Å². The van der Waals surface area contributed by atoms with Crippen LogP contribution in [-0.2, 0) is 11.2 Å². The summed E-state index contributed by atoms with van der Waals surface area (Å²) in [5.41, 5.74) is 7.74. The fourth-order valence-electron chi connectivity index (χ4n) is 3.65. The molecule has 0 saturated carbocycles. The van der Waals surface area contributed by atoms with Gasteiger partial charge in [-0.2, -0.15) is 0 Å². The predicted molar refractivity (Wildman–Crippen MR) is 120 cm³/mol. The van der Waals surface area contributed by atoms with Gasteiger partial charge in [-0.25, -0.2) is 0 Å². The van der Waals surface area contributed by atoms with Crippen LogP contribution in [-0.4, -0.2) is 49.8 Å². The minimum absolute atomic E-state index is 0.00912. The first-order chi connectivity index (χ1) is 13.5. The van der Waals surface area contributed by atoms with E-state index in [0.717, 1.165) is 49.9 Å². The maximum absolute atomic E-state index is 12.4. The van der Waals surface area contributed by atoms with Gasteiger partial charge in [-0.05, 0) is 56.5 Å². The van der Waals surface area contributed by atoms with Crippen LogP contribution in [0.4, 0.5) is 5.69 Å². The third kappa shape index (κ3) is 7.86. The number of anilines is 1. The van der Waals surface area contributed by atoms with Crippen molar-refractivity contribution in [3.05, 3.63) is 29.8 Å². The summed E-state index contributed by atoms with van der Waals surface area (Å²) in [4.78, 5) is 12.4. The molecule has 0 spiro atoms. The summed E-state index contributed by atoms with van der Waals surface area (Å²) < 4.78 is 0. The maximum Gasteiger partial charge on any atom is 0.309 e. The summed E-state index contributed by atoms with van der Waals surface area (Å²) in [5.74, 6) is -0.291. The second-order valence-electron chi connectivity index (χ2n) is 8.09. The minimum Gasteiger partial charge on any atom is -0.449 e. The van der Waals surface area contributed by atoms with Crippen molar-refractivity contribution in [3.8, 4) is 0 Å². The molecule has 1 aromatic carbocycles. The zero-order chi connectivity index (χ0) is 20.4. The van der Waals surface area contributed by atoms with Crippen molar-refractivity contribution in [1.29, 1.82) is 0 Å². The molecule has 1 aliphatic rings. The van der Waals surface area contributed by atoms with Crippen LogP contribution in [0.2, 0.25) is 20.0 Å². The van der Waals surface area contributed by atoms with Gasteiger partial charge in [-0.3, -0.25) is 4.79 Å². The molecular weight excluding hydrogens is 350 g/mol. The number of hydrogen-bond donors (Lipinski definition) is 5. The Labute approximate surface area is 170 Å². The Balaban J connectivity index is 1.82. The quantitative estimate of drug-likeness (QED) is 0.279. The average Bonchev–Trinajstić information content (AvgIpc) is 3.21. The van der Waals surface area contributed by atoms with Gasteiger partial charge in [0.2, 0.25) is 12.8 Å². The number of nitrogens with one attached hydrogen (secondary N) is 3. The highest BCUT2D eigenvalue weighted by Crippen LogP contribution is 2.15. The van der Waals surface area contributed by atoms with Gasteiger partial charge in [0.1, 0.15) is 0 Å². The van der Waals surface area contributed by atoms with Crippen LogP contribution in [0, 0.1) is 0 Å². The molecular formula is C20H36B2N4O2. The largest absolute Gasteiger partial charge is 0.449 e. The summed E-state index contributed by atoms with van der Waals surface area (Å²) in [5, 5.41) is 19.9. The Morgan fingerprint density at radius 3 is 2.64 bits per heavy atom. The lowest BCUT2D eigenvalue weighted by Crippen LogP contribution is -2.51. The summed E-state index contributed by atoms with van der Waals surface area (Å²) in [6, 6.07) is 8.16. The first-order valence-corrected chi connectivity index (χ1v) is 10.8. The average molecular weight is 386 g/mol. The molecule has 1 aliphatic heterocycles. The zero-order valence-electron chi connectivity index (χ0n) is 17.4. The van der Waals surface area contributed by atoms with Crippen molar-refractivity contribution in [3.63, 3.8) is 0 Å². The van der Waals surface area contributed by atoms with Crippen LogP contribution >= 0.6 is 0 Å². The summed E-state index contributed by atoms with van der Waals surface area (Å²) in [6.45, 7) is 5.41. The Kier molecular flexibility index (Phi) is 9.88. The van der Waals surface area contributed by atoms with E-state index in [1.807, 2.05) is 0 Å². The fraction of sp³-hybridized carbons (Fsp3) is 0.650. The molecule has 2 unspecified atom stereocenters. The smallest absolute Gasteiger partial charge is 0.309 e. The monoisotopic (exact) mass is 386 g/mol. The zero-order valence-corrected chi connectivity index (χ0v) is 17.4. The standard InChI is InChI=1S/C20H36B2N4O2/c1-21(12-4-3-5-13-23)26-17-10-8-16(9-11-17)15-19(22(2)28)25-20(27)18-7-6-14-24-18/h8-11,18-19,24,26,28H,3-7,12-15,23H2,1-2H3,(H,25,27). The van der Waals surface area contributed by atoms with E-state index in [1.165, 1.54) is 12.8 Å². The number of amides is 1. The lowest BCUT2D eigenvalue weighted by Gasteiger charge is -2.22. The van der Waals surface area contributed by atoms with E-state index >= 15 is 0 Å². The number of hydrogen-bond acceptors (Lipinski definition) is 5. The summed E-state index contributed by atoms with van der Waals surface area (Å²) >= 11 is 0. The Hall–Kier alpha value is -1.50. The minimum atomic E-state index is -0.600. The number of benzene rings is 1. The van der Waals surface area contributed by atoms with E-state index in [9.17, 15) is 9.82 Å². The van der Waals surface area contributed by atoms with E-state index in [-0.39, 0.29) is 17.9 Å². The van der Waals surface area contributed by atoms with Crippen molar-refractivity contribution in [1.82, 2.24) is 10.6 Å². The van der Waals surface area contributed by atoms with Crippen molar-refractivity contribution in [2.75, 3.05) is 18.3 Å². The first-order valence-electron chi connectivity index (χ1n) is 10.8. The third-order valence-corrected chi connectivity index (χ3v) is 5.45. The van der Waals surface area contributed by atoms with Crippen LogP contribution in [0.5, 0.6) is 0 Å². The number of carbonyl (C=O) groups is 1. The Bertz CT molecular complexity index is 580. The highest BCUT2D eigenvalue weighted by molar-refractivity contribution is 6.61. The molecule has 0 bridgehead atoms. The van der Waals surface area contributed by atoms with Crippen LogP contribution in [0.15, 0.2) is 24.3 Å². The Morgan fingerprint density at radius 1 is 1.29 bits per heavy atom. The fourth-order valence-corrected chi connectivity index (χ4v) is 3.65. The molecule has 154 valence electrons. The number of carbonyl (C=O) groups excluding carboxylic acids is 1. The normalized spacial score (nSPS) is 17.2. The van der Waals surface area contributed by atoms with Gasteiger partial charge in [0.25, 0.3) is 0 Å². The molecule has 8 heteroatoms. The summed E-state index contributed by atoms with van der Waals surface area (Å²) in [7, 11) is 0. The second-order valence-corrected chi connectivity index (χ2v) is 8.09. The molecule has 1 aromatic rings. The Morgan fingerprint density at radius 2 is 2.04 bits per heavy atom. The lowest BCUT2D eigenvalue weighted by atomic mass is 9.60. The highest BCUT2D eigenvalue weighted by Gasteiger charge is 2.27. The van der Waals surface area contributed by atoms with Crippen molar-refractivity contribution in [2.45, 2.75) is 70.5 Å². The van der Waals surface area contributed by atoms with Crippen LogP contribution in [0.3, 0.4) is 0 Å². The number of rotatable bonds is 12. The van der Waals surface area contributed by atoms with Crippen LogP contribution in [0.25, 0.3) is 0 Å². The van der Waals surface area contributed by atoms with Gasteiger partial charge in [-0.1, -0.05) is 44.9 Å². The van der Waals surface area contributed by atoms with E-state index in [2.05, 4.69) is 46.9 Å². The van der Waals surface area contributed by atoms with Crippen molar-refractivity contribution < 1.29 is 9.82 Å². The van der Waals surface area contributed by atoms with Crippen molar-refractivity contribution >= 4 is 25.4 Å². The second kappa shape index (κ2) is 12.1. The molecule has 1 fully saturated rings. The van der Waals surface area contributed by atoms with Gasteiger partial charge < -0.3 is 26.6 Å². The molecule has 2 atom stereocenters.